The largest absolute Gasteiger partial charge is 0.490 e. The molecule has 1 aromatic carbocycles. The zero-order chi connectivity index (χ0) is 29.8. The number of aliphatic carboxylic acids is 2. The molecule has 216 valence electrons. The van der Waals surface area contributed by atoms with E-state index < -0.39 is 47.4 Å². The second kappa shape index (κ2) is 13.0. The van der Waals surface area contributed by atoms with Gasteiger partial charge in [-0.15, -0.1) is 22.0 Å². The topological polar surface area (TPSA) is 196 Å². The van der Waals surface area contributed by atoms with Gasteiger partial charge in [-0.2, -0.15) is 13.2 Å². The van der Waals surface area contributed by atoms with Gasteiger partial charge in [-0.3, -0.25) is 14.5 Å². The Kier molecular flexibility index (Phi) is 10.2. The van der Waals surface area contributed by atoms with E-state index in [1.165, 1.54) is 39.8 Å². The number of carboxylic acid groups (broad SMARTS) is 2. The molecule has 2 aliphatic rings. The molecular weight excluding hydrogens is 599 g/mol. The highest BCUT2D eigenvalue weighted by atomic mass is 32.2. The summed E-state index contributed by atoms with van der Waals surface area (Å²) in [5.74, 6) is -4.14. The van der Waals surface area contributed by atoms with Crippen molar-refractivity contribution in [3.63, 3.8) is 0 Å². The van der Waals surface area contributed by atoms with Crippen LogP contribution in [0.2, 0.25) is 0 Å². The number of carboxylic acids is 2. The lowest BCUT2D eigenvalue weighted by molar-refractivity contribution is -0.192. The number of nitrogens with zero attached hydrogens (tertiary/aromatic N) is 3. The Morgan fingerprint density at radius 2 is 1.85 bits per heavy atom. The van der Waals surface area contributed by atoms with Gasteiger partial charge >= 0.3 is 18.1 Å². The molecule has 3 heterocycles. The van der Waals surface area contributed by atoms with Crippen molar-refractivity contribution in [1.82, 2.24) is 20.4 Å². The van der Waals surface area contributed by atoms with Gasteiger partial charge < -0.3 is 26.4 Å². The van der Waals surface area contributed by atoms with Gasteiger partial charge in [-0.25, -0.2) is 9.59 Å². The van der Waals surface area contributed by atoms with Crippen LogP contribution in [0.4, 0.5) is 13.2 Å². The molecule has 1 saturated heterocycles. The lowest BCUT2D eigenvalue weighted by Gasteiger charge is -2.49. The van der Waals surface area contributed by atoms with Crippen molar-refractivity contribution < 1.29 is 47.7 Å². The summed E-state index contributed by atoms with van der Waals surface area (Å²) in [5, 5.41) is 37.0. The van der Waals surface area contributed by atoms with Crippen LogP contribution in [0.25, 0.3) is 0 Å². The Morgan fingerprint density at radius 3 is 2.35 bits per heavy atom. The van der Waals surface area contributed by atoms with Crippen LogP contribution in [0.3, 0.4) is 0 Å². The molecule has 4 rings (SSSR count). The third-order valence-corrected chi connectivity index (χ3v) is 8.87. The van der Waals surface area contributed by atoms with Crippen LogP contribution in [0.1, 0.15) is 22.2 Å². The van der Waals surface area contributed by atoms with E-state index in [0.29, 0.717) is 28.2 Å². The molecule has 2 amide bonds. The first-order valence-corrected chi connectivity index (χ1v) is 14.0. The smallest absolute Gasteiger partial charge is 0.477 e. The summed E-state index contributed by atoms with van der Waals surface area (Å²) in [7, 11) is 0. The van der Waals surface area contributed by atoms with Crippen LogP contribution in [0, 0.1) is 6.92 Å². The van der Waals surface area contributed by atoms with Crippen LogP contribution >= 0.6 is 34.9 Å². The fourth-order valence-electron chi connectivity index (χ4n) is 3.50. The number of aliphatic hydroxyl groups is 1. The second-order valence-electron chi connectivity index (χ2n) is 8.21. The molecule has 0 bridgehead atoms. The minimum Gasteiger partial charge on any atom is -0.477 e. The fourth-order valence-corrected chi connectivity index (χ4v) is 6.81. The van der Waals surface area contributed by atoms with Crippen LogP contribution in [-0.4, -0.2) is 83.3 Å². The third kappa shape index (κ3) is 7.30. The number of halogens is 3. The summed E-state index contributed by atoms with van der Waals surface area (Å²) in [6.45, 7) is 1.72. The predicted octanol–water partition coefficient (Wildman–Crippen LogP) is 1.50. The molecule has 1 unspecified atom stereocenters. The van der Waals surface area contributed by atoms with Crippen molar-refractivity contribution in [3.05, 3.63) is 51.7 Å². The quantitative estimate of drug-likeness (QED) is 0.211. The molecule has 0 radical (unpaired) electrons. The molecule has 6 N–H and O–H groups in total. The number of β-lactam (4-membered cyclic amide) rings is 1. The number of fused-ring (bicyclic) bond motifs is 1. The number of aliphatic hydroxyl groups excluding tert-OH is 1. The fraction of sp³-hybridized carbons (Fsp3) is 0.364. The Balaban J connectivity index is 0.000000559. The highest BCUT2D eigenvalue weighted by molar-refractivity contribution is 8.01. The van der Waals surface area contributed by atoms with Crippen LogP contribution < -0.4 is 11.1 Å². The summed E-state index contributed by atoms with van der Waals surface area (Å²) in [6, 6.07) is 4.79. The normalized spacial score (nSPS) is 19.1. The highest BCUT2D eigenvalue weighted by Gasteiger charge is 2.54. The predicted molar refractivity (Wildman–Crippen MR) is 138 cm³/mol. The van der Waals surface area contributed by atoms with Crippen LogP contribution in [0.15, 0.2) is 39.9 Å². The molecule has 2 aromatic rings. The second-order valence-corrected chi connectivity index (χ2v) is 11.7. The van der Waals surface area contributed by atoms with Gasteiger partial charge in [0.1, 0.15) is 28.2 Å². The number of rotatable bonds is 8. The monoisotopic (exact) mass is 621 g/mol. The number of nitrogens with one attached hydrogen (secondary N) is 1. The summed E-state index contributed by atoms with van der Waals surface area (Å²) in [5.41, 5.74) is 7.87. The summed E-state index contributed by atoms with van der Waals surface area (Å²) >= 11 is 4.21. The number of carbonyl (C=O) groups excluding carboxylic acids is 2. The molecule has 40 heavy (non-hydrogen) atoms. The average Bonchev–Trinajstić information content (AvgIpc) is 3.33. The zero-order valence-electron chi connectivity index (χ0n) is 20.4. The highest BCUT2D eigenvalue weighted by Crippen LogP contribution is 2.42. The van der Waals surface area contributed by atoms with Crippen molar-refractivity contribution in [2.75, 3.05) is 11.5 Å². The summed E-state index contributed by atoms with van der Waals surface area (Å²) in [4.78, 5) is 47.6. The van der Waals surface area contributed by atoms with Crippen molar-refractivity contribution in [2.24, 2.45) is 5.73 Å². The molecule has 18 heteroatoms. The van der Waals surface area contributed by atoms with E-state index in [2.05, 4.69) is 15.5 Å². The number of thioether (sulfide) groups is 2. The van der Waals surface area contributed by atoms with Crippen molar-refractivity contribution in [2.45, 2.75) is 41.5 Å². The zero-order valence-corrected chi connectivity index (χ0v) is 22.9. The molecule has 0 saturated carbocycles. The van der Waals surface area contributed by atoms with Gasteiger partial charge in [-0.05, 0) is 23.6 Å². The van der Waals surface area contributed by atoms with Gasteiger partial charge in [0.25, 0.3) is 5.91 Å². The number of aryl methyl sites for hydroxylation is 1. The minimum absolute atomic E-state index is 0.0353. The van der Waals surface area contributed by atoms with E-state index in [4.69, 9.17) is 20.7 Å². The van der Waals surface area contributed by atoms with E-state index in [1.807, 2.05) is 6.92 Å². The number of nitrogens with two attached hydrogens (primary N) is 1. The first kappa shape index (κ1) is 31.3. The molecule has 0 spiro atoms. The number of hydrogen-bond donors (Lipinski definition) is 5. The molecule has 1 fully saturated rings. The van der Waals surface area contributed by atoms with E-state index >= 15 is 0 Å². The summed E-state index contributed by atoms with van der Waals surface area (Å²) < 4.78 is 32.5. The van der Waals surface area contributed by atoms with Crippen molar-refractivity contribution in [1.29, 1.82) is 0 Å². The first-order chi connectivity index (χ1) is 18.7. The maximum absolute atomic E-state index is 12.8. The maximum atomic E-state index is 12.8. The van der Waals surface area contributed by atoms with E-state index in [-0.39, 0.29) is 12.3 Å². The third-order valence-electron chi connectivity index (χ3n) is 5.47. The molecular formula is C22H22F3N5O7S3. The number of benzene rings is 1. The Hall–Kier alpha value is -3.19. The van der Waals surface area contributed by atoms with Crippen LogP contribution in [-0.2, 0) is 25.8 Å². The van der Waals surface area contributed by atoms with Gasteiger partial charge in [0, 0.05) is 11.5 Å². The lowest BCUT2D eigenvalue weighted by Crippen LogP contribution is -2.71. The lowest BCUT2D eigenvalue weighted by atomic mass is 10.0. The van der Waals surface area contributed by atoms with Gasteiger partial charge in [0.2, 0.25) is 5.91 Å². The van der Waals surface area contributed by atoms with Crippen LogP contribution in [0.5, 0.6) is 0 Å². The Morgan fingerprint density at radius 1 is 1.23 bits per heavy atom. The number of aromatic nitrogens is 2. The molecule has 3 atom stereocenters. The van der Waals surface area contributed by atoms with E-state index in [9.17, 15) is 32.7 Å². The van der Waals surface area contributed by atoms with E-state index in [1.54, 1.807) is 24.3 Å². The standard InChI is InChI=1S/C20H21N5O5S3.C2HF3O2/c1-9-23-24-20(33-9)32-8-12-7-31-18-14(17(28)25(18)15(12)19(29)30)22-16(27)13(21)11-4-2-10(6-26)3-5-11;3-2(4,5)1(6)7/h2-5,13-14,18,26H,6-8,21H2,1H3,(H,22,27)(H,29,30);(H,6,7)/t13?,14-,18-;/m1./s1. The Bertz CT molecular complexity index is 1320. The van der Waals surface area contributed by atoms with Crippen molar-refractivity contribution >= 4 is 58.6 Å². The van der Waals surface area contributed by atoms with Gasteiger partial charge in [0.15, 0.2) is 4.34 Å². The molecule has 0 aliphatic carbocycles. The number of alkyl halides is 3. The SMILES string of the molecule is Cc1nnc(SCC2=C(C(=O)O)N3C(=O)[C@@H](NC(=O)C(N)c4ccc(CO)cc4)[C@H]3SC2)s1.O=C(O)C(F)(F)F. The molecule has 2 aliphatic heterocycles. The minimum atomic E-state index is -5.08. The van der Waals surface area contributed by atoms with Crippen molar-refractivity contribution in [3.8, 4) is 0 Å². The number of amides is 2. The number of hydrogen-bond acceptors (Lipinski definition) is 11. The maximum Gasteiger partial charge on any atom is 0.490 e. The summed E-state index contributed by atoms with van der Waals surface area (Å²) in [6.07, 6.45) is -5.08. The molecule has 1 aromatic heterocycles. The Labute approximate surface area is 236 Å². The van der Waals surface area contributed by atoms with Gasteiger partial charge in [-0.1, -0.05) is 47.4 Å². The van der Waals surface area contributed by atoms with Gasteiger partial charge in [0.05, 0.1) is 6.61 Å². The van der Waals surface area contributed by atoms with E-state index in [0.717, 1.165) is 9.35 Å². The first-order valence-electron chi connectivity index (χ1n) is 11.1. The average molecular weight is 622 g/mol. The molecule has 12 nitrogen and oxygen atoms in total. The number of carbonyl (C=O) groups is 4.